The summed E-state index contributed by atoms with van der Waals surface area (Å²) in [6, 6.07) is 3.75. The number of hydrogen-bond acceptors (Lipinski definition) is 16. The van der Waals surface area contributed by atoms with E-state index in [2.05, 4.69) is 14.9 Å². The number of amides is 4. The fourth-order valence-corrected chi connectivity index (χ4v) is 10.1. The van der Waals surface area contributed by atoms with Gasteiger partial charge in [0.05, 0.1) is 28.8 Å². The van der Waals surface area contributed by atoms with Crippen molar-refractivity contribution in [2.24, 2.45) is 0 Å². The number of fused-ring (bicyclic) bond motifs is 1. The zero-order valence-electron chi connectivity index (χ0n) is 43.8. The van der Waals surface area contributed by atoms with Gasteiger partial charge in [-0.3, -0.25) is 4.90 Å². The summed E-state index contributed by atoms with van der Waals surface area (Å²) in [5.41, 5.74) is -4.75. The Kier molecular flexibility index (Phi) is 15.4. The summed E-state index contributed by atoms with van der Waals surface area (Å²) in [6.07, 6.45) is -2.15. The lowest BCUT2D eigenvalue weighted by Crippen LogP contribution is -2.45. The number of carbonyl (C=O) groups excluding carboxylic acids is 4. The maximum atomic E-state index is 18.1. The number of pyridine rings is 2. The van der Waals surface area contributed by atoms with Gasteiger partial charge in [0.2, 0.25) is 5.88 Å². The normalized spacial score (nSPS) is 18.6. The number of aryl methyl sites for hydroxylation is 1. The number of imide groups is 2. The Morgan fingerprint density at radius 3 is 2.04 bits per heavy atom. The van der Waals surface area contributed by atoms with Crippen LogP contribution >= 0.6 is 34.2 Å². The van der Waals surface area contributed by atoms with E-state index in [9.17, 15) is 19.2 Å². The molecule has 6 heterocycles. The van der Waals surface area contributed by atoms with Crippen LogP contribution in [0.5, 0.6) is 11.9 Å². The fourth-order valence-electron chi connectivity index (χ4n) is 8.98. The average Bonchev–Trinajstić information content (AvgIpc) is 3.70. The first kappa shape index (κ1) is 55.3. The number of alkyl halides is 1. The van der Waals surface area contributed by atoms with Crippen LogP contribution in [0.15, 0.2) is 24.4 Å². The molecule has 0 saturated carbocycles. The van der Waals surface area contributed by atoms with E-state index in [0.29, 0.717) is 32.6 Å². The zero-order chi connectivity index (χ0) is 53.9. The van der Waals surface area contributed by atoms with Gasteiger partial charge >= 0.3 is 30.4 Å². The maximum Gasteiger partial charge on any atom is 0.425 e. The minimum Gasteiger partial charge on any atom is -0.475 e. The van der Waals surface area contributed by atoms with E-state index in [4.69, 9.17) is 50.0 Å². The molecular formula is C51H64ClF2IN8O10. The molecule has 0 unspecified atom stereocenters. The standard InChI is InChI=1S/C51H64ClF2IN8O10/c1-27-23-31(62(43(64)70-47(3,4)5)44(65)71-48(6,7)8)34(52)32(36(27)55)37-35(54)38-33-40(59-42(58-38)69-26-51-18-16-20-60(51)25-29(53)24-51)61(21-22-68-41(33)57-37)28(2)30-17-15-19-56-39(30)63(45(66)72-49(9,10)11)46(67)73-50(12,13)14/h15,17,19,23,28-29H,16,18,20-22,24-26H2,1-14H3/t28-,29-,51+/m1/s1. The van der Waals surface area contributed by atoms with Crippen molar-refractivity contribution >= 4 is 86.8 Å². The molecule has 0 radical (unpaired) electrons. The van der Waals surface area contributed by atoms with Crippen molar-refractivity contribution in [1.82, 2.24) is 24.8 Å². The number of aromatic nitrogens is 4. The molecule has 18 nitrogen and oxygen atoms in total. The highest BCUT2D eigenvalue weighted by Crippen LogP contribution is 2.48. The number of ether oxygens (including phenoxy) is 6. The highest BCUT2D eigenvalue weighted by molar-refractivity contribution is 14.1. The van der Waals surface area contributed by atoms with Gasteiger partial charge in [-0.15, -0.1) is 0 Å². The zero-order valence-corrected chi connectivity index (χ0v) is 46.7. The predicted molar refractivity (Wildman–Crippen MR) is 279 cm³/mol. The van der Waals surface area contributed by atoms with Crippen molar-refractivity contribution in [2.75, 3.05) is 47.5 Å². The Morgan fingerprint density at radius 2 is 1.47 bits per heavy atom. The van der Waals surface area contributed by atoms with Gasteiger partial charge in [-0.25, -0.2) is 37.9 Å². The largest absolute Gasteiger partial charge is 0.475 e. The molecule has 0 bridgehead atoms. The Balaban J connectivity index is 1.44. The molecule has 3 aliphatic heterocycles. The van der Waals surface area contributed by atoms with Crippen LogP contribution in [0.25, 0.3) is 22.2 Å². The number of anilines is 3. The maximum absolute atomic E-state index is 18.1. The third kappa shape index (κ3) is 12.1. The van der Waals surface area contributed by atoms with Crippen LogP contribution < -0.4 is 24.2 Å². The minimum atomic E-state index is -1.09. The van der Waals surface area contributed by atoms with E-state index in [1.54, 1.807) is 114 Å². The van der Waals surface area contributed by atoms with E-state index in [-0.39, 0.29) is 89.1 Å². The molecule has 4 aromatic rings. The van der Waals surface area contributed by atoms with Gasteiger partial charge in [-0.2, -0.15) is 19.8 Å². The van der Waals surface area contributed by atoms with Crippen LogP contribution in [0.4, 0.5) is 45.3 Å². The summed E-state index contributed by atoms with van der Waals surface area (Å²) in [7, 11) is 0. The molecule has 3 aliphatic rings. The van der Waals surface area contributed by atoms with Crippen molar-refractivity contribution in [3.8, 4) is 23.1 Å². The molecule has 1 aromatic carbocycles. The number of carbonyl (C=O) groups is 4. The number of rotatable bonds is 8. The summed E-state index contributed by atoms with van der Waals surface area (Å²) in [6.45, 7) is 24.2. The Hall–Kier alpha value is -5.42. The molecular weight excluding hydrogens is 1080 g/mol. The smallest absolute Gasteiger partial charge is 0.425 e. The Bertz CT molecular complexity index is 2780. The summed E-state index contributed by atoms with van der Waals surface area (Å²) in [5, 5.41) is -0.210. The van der Waals surface area contributed by atoms with Crippen LogP contribution in [0, 0.1) is 16.3 Å². The second kappa shape index (κ2) is 20.4. The van der Waals surface area contributed by atoms with E-state index in [1.165, 1.54) is 12.3 Å². The third-order valence-electron chi connectivity index (χ3n) is 11.9. The predicted octanol–water partition coefficient (Wildman–Crippen LogP) is 12.1. The fraction of sp³-hybridized carbons (Fsp3) is 0.569. The van der Waals surface area contributed by atoms with E-state index < -0.39 is 70.3 Å². The minimum absolute atomic E-state index is 0.000456. The lowest BCUT2D eigenvalue weighted by Gasteiger charge is -2.33. The van der Waals surface area contributed by atoms with Crippen LogP contribution in [0.1, 0.15) is 126 Å². The molecule has 3 atom stereocenters. The van der Waals surface area contributed by atoms with E-state index in [1.807, 2.05) is 22.6 Å². The molecule has 4 amide bonds. The van der Waals surface area contributed by atoms with E-state index >= 15 is 8.78 Å². The van der Waals surface area contributed by atoms with E-state index in [0.717, 1.165) is 11.3 Å². The summed E-state index contributed by atoms with van der Waals surface area (Å²) in [4.78, 5) is 80.0. The van der Waals surface area contributed by atoms with Gasteiger partial charge in [-0.1, -0.05) is 17.7 Å². The van der Waals surface area contributed by atoms with Crippen molar-refractivity contribution in [3.63, 3.8) is 0 Å². The molecule has 2 fully saturated rings. The lowest BCUT2D eigenvalue weighted by atomic mass is 9.95. The first-order valence-electron chi connectivity index (χ1n) is 24.1. The molecule has 396 valence electrons. The van der Waals surface area contributed by atoms with Gasteiger partial charge in [-0.05, 0) is 157 Å². The van der Waals surface area contributed by atoms with Gasteiger partial charge in [0.1, 0.15) is 64.2 Å². The average molecular weight is 1150 g/mol. The molecule has 0 spiro atoms. The number of benzene rings is 1. The van der Waals surface area contributed by atoms with Crippen molar-refractivity contribution in [1.29, 1.82) is 0 Å². The second-order valence-electron chi connectivity index (χ2n) is 22.4. The summed E-state index contributed by atoms with van der Waals surface area (Å²) >= 11 is 9.25. The topological polar surface area (TPSA) is 188 Å². The Labute approximate surface area is 442 Å². The monoisotopic (exact) mass is 1150 g/mol. The van der Waals surface area contributed by atoms with Gasteiger partial charge in [0, 0.05) is 33.9 Å². The first-order chi connectivity index (χ1) is 33.8. The molecule has 0 aliphatic carbocycles. The van der Waals surface area contributed by atoms with Crippen LogP contribution in [0.3, 0.4) is 0 Å². The van der Waals surface area contributed by atoms with Crippen molar-refractivity contribution in [3.05, 3.63) is 49.9 Å². The third-order valence-corrected chi connectivity index (χ3v) is 13.7. The van der Waals surface area contributed by atoms with Crippen LogP contribution in [0.2, 0.25) is 5.02 Å². The Morgan fingerprint density at radius 1 is 0.890 bits per heavy atom. The van der Waals surface area contributed by atoms with Gasteiger partial charge < -0.3 is 33.3 Å². The highest BCUT2D eigenvalue weighted by Gasteiger charge is 2.50. The number of hydrogen-bond donors (Lipinski definition) is 0. The summed E-state index contributed by atoms with van der Waals surface area (Å²) in [5.74, 6) is -1.08. The molecule has 73 heavy (non-hydrogen) atoms. The molecule has 22 heteroatoms. The quantitative estimate of drug-likeness (QED) is 0.120. The van der Waals surface area contributed by atoms with Crippen molar-refractivity contribution in [2.45, 2.75) is 156 Å². The molecule has 0 N–H and O–H groups in total. The lowest BCUT2D eigenvalue weighted by molar-refractivity contribution is 0.0407. The van der Waals surface area contributed by atoms with Crippen LogP contribution in [-0.2, 0) is 18.9 Å². The number of halogens is 4. The first-order valence-corrected chi connectivity index (χ1v) is 25.5. The van der Waals surface area contributed by atoms with Gasteiger partial charge in [0.25, 0.3) is 0 Å². The number of nitrogens with zero attached hydrogens (tertiary/aromatic N) is 8. The van der Waals surface area contributed by atoms with Crippen LogP contribution in [-0.4, -0.2) is 116 Å². The summed E-state index contributed by atoms with van der Waals surface area (Å²) < 4.78 is 69.1. The molecule has 2 saturated heterocycles. The second-order valence-corrected chi connectivity index (χ2v) is 23.9. The molecule has 3 aromatic heterocycles. The van der Waals surface area contributed by atoms with Gasteiger partial charge in [0.15, 0.2) is 11.6 Å². The molecule has 7 rings (SSSR count). The SMILES string of the molecule is Cc1cc(N(C(=O)OC(C)(C)C)C(=O)OC(C)(C)C)c(Cl)c(-c2nc3c4c(nc(OC[C@@]56CCCN5C[C@H](F)C6)nc4c2F)N([C@H](C)c2cccnc2N(C(=O)OC(C)(C)C)C(=O)OC(C)(C)C)CCO3)c1I. The van der Waals surface area contributed by atoms with Crippen molar-refractivity contribution < 1.29 is 56.4 Å². The highest BCUT2D eigenvalue weighted by atomic mass is 127.